The normalized spacial score (nSPS) is 29.2. The number of benzene rings is 2. The number of hydrogen-bond acceptors (Lipinski definition) is 5. The Labute approximate surface area is 205 Å². The molecule has 0 spiro atoms. The zero-order valence-electron chi connectivity index (χ0n) is 17.9. The average molecular weight is 503 g/mol. The number of carbonyl (C=O) groups is 1. The van der Waals surface area contributed by atoms with Gasteiger partial charge in [0.25, 0.3) is 5.91 Å². The first kappa shape index (κ1) is 21.9. The van der Waals surface area contributed by atoms with E-state index in [1.165, 1.54) is 12.1 Å². The summed E-state index contributed by atoms with van der Waals surface area (Å²) >= 11 is 11.8. The molecule has 3 aromatic rings. The van der Waals surface area contributed by atoms with Crippen molar-refractivity contribution in [3.8, 4) is 17.1 Å². The second-order valence-electron chi connectivity index (χ2n) is 9.51. The summed E-state index contributed by atoms with van der Waals surface area (Å²) < 4.78 is 25.2. The van der Waals surface area contributed by atoms with Crippen molar-refractivity contribution in [1.82, 2.24) is 10.5 Å². The molecule has 3 atom stereocenters. The molecule has 7 rings (SSSR count). The molecule has 3 fully saturated rings. The van der Waals surface area contributed by atoms with Crippen molar-refractivity contribution in [3.63, 3.8) is 0 Å². The van der Waals surface area contributed by atoms with E-state index in [4.69, 9.17) is 32.5 Å². The third-order valence-corrected chi connectivity index (χ3v) is 7.94. The SMILES string of the molecule is O=C(NC1CC2(c3cc(-c4ccc(Cl)c(F)c4)on3)CC1C2)[C@H]1C[C@@H](O)c2cc(Cl)ccc2O1. The molecule has 34 heavy (non-hydrogen) atoms. The van der Waals surface area contributed by atoms with E-state index in [1.807, 2.05) is 6.07 Å². The minimum absolute atomic E-state index is 0.00650. The number of aliphatic hydroxyl groups excluding tert-OH is 1. The van der Waals surface area contributed by atoms with Crippen LogP contribution in [0.15, 0.2) is 47.0 Å². The van der Waals surface area contributed by atoms with Gasteiger partial charge in [-0.15, -0.1) is 0 Å². The Balaban J connectivity index is 1.13. The Morgan fingerprint density at radius 2 is 1.97 bits per heavy atom. The lowest BCUT2D eigenvalue weighted by atomic mass is 9.67. The fraction of sp³-hybridized carbons (Fsp3) is 0.360. The lowest BCUT2D eigenvalue weighted by Gasteiger charge is -2.36. The summed E-state index contributed by atoms with van der Waals surface area (Å²) in [4.78, 5) is 13.0. The van der Waals surface area contributed by atoms with Crippen LogP contribution in [0, 0.1) is 11.7 Å². The van der Waals surface area contributed by atoms with Gasteiger partial charge in [-0.1, -0.05) is 28.4 Å². The van der Waals surface area contributed by atoms with Gasteiger partial charge in [-0.25, -0.2) is 4.39 Å². The number of ether oxygens (including phenoxy) is 1. The van der Waals surface area contributed by atoms with Crippen molar-refractivity contribution in [2.24, 2.45) is 5.92 Å². The summed E-state index contributed by atoms with van der Waals surface area (Å²) in [6.45, 7) is 0. The quantitative estimate of drug-likeness (QED) is 0.511. The van der Waals surface area contributed by atoms with Crippen LogP contribution in [0.25, 0.3) is 11.3 Å². The van der Waals surface area contributed by atoms with E-state index < -0.39 is 18.0 Å². The molecule has 3 aliphatic carbocycles. The van der Waals surface area contributed by atoms with Gasteiger partial charge in [-0.3, -0.25) is 4.79 Å². The molecule has 176 valence electrons. The fourth-order valence-corrected chi connectivity index (χ4v) is 5.93. The zero-order chi connectivity index (χ0) is 23.6. The lowest BCUT2D eigenvalue weighted by Crippen LogP contribution is -2.46. The Morgan fingerprint density at radius 1 is 1.15 bits per heavy atom. The molecular formula is C25H21Cl2FN2O4. The van der Waals surface area contributed by atoms with Crippen LogP contribution in [-0.4, -0.2) is 28.3 Å². The molecule has 1 aromatic heterocycles. The first-order valence-corrected chi connectivity index (χ1v) is 11.9. The number of rotatable bonds is 4. The number of nitrogens with zero attached hydrogens (tertiary/aromatic N) is 1. The Hall–Kier alpha value is -2.61. The average Bonchev–Trinajstić information content (AvgIpc) is 3.49. The van der Waals surface area contributed by atoms with Gasteiger partial charge in [-0.2, -0.15) is 0 Å². The molecule has 2 N–H and O–H groups in total. The number of halogens is 3. The van der Waals surface area contributed by atoms with E-state index in [9.17, 15) is 14.3 Å². The number of aromatic nitrogens is 1. The van der Waals surface area contributed by atoms with Crippen molar-refractivity contribution in [2.45, 2.75) is 49.3 Å². The molecule has 0 saturated heterocycles. The number of hydrogen-bond donors (Lipinski definition) is 2. The smallest absolute Gasteiger partial charge is 0.261 e. The van der Waals surface area contributed by atoms with E-state index in [2.05, 4.69) is 10.5 Å². The van der Waals surface area contributed by atoms with Crippen LogP contribution in [0.5, 0.6) is 5.75 Å². The van der Waals surface area contributed by atoms with Crippen LogP contribution in [0.3, 0.4) is 0 Å². The molecule has 1 unspecified atom stereocenters. The summed E-state index contributed by atoms with van der Waals surface area (Å²) in [5, 5.41) is 18.4. The lowest BCUT2D eigenvalue weighted by molar-refractivity contribution is -0.131. The summed E-state index contributed by atoms with van der Waals surface area (Å²) in [6, 6.07) is 11.4. The molecule has 2 heterocycles. The maximum atomic E-state index is 13.8. The van der Waals surface area contributed by atoms with E-state index in [1.54, 1.807) is 24.3 Å². The van der Waals surface area contributed by atoms with Crippen LogP contribution in [0.4, 0.5) is 4.39 Å². The molecule has 6 nitrogen and oxygen atoms in total. The predicted octanol–water partition coefficient (Wildman–Crippen LogP) is 5.21. The third kappa shape index (κ3) is 3.58. The molecule has 0 radical (unpaired) electrons. The predicted molar refractivity (Wildman–Crippen MR) is 123 cm³/mol. The summed E-state index contributed by atoms with van der Waals surface area (Å²) in [6.07, 6.45) is 1.13. The van der Waals surface area contributed by atoms with E-state index in [0.29, 0.717) is 33.6 Å². The standard InChI is InChI=1S/C25H21Cl2FN2O4/c26-14-2-4-20-15(6-14)19(31)7-22(33-20)24(32)29-18-11-25(9-13(18)10-25)23-8-21(34-30-23)12-1-3-16(27)17(28)5-12/h1-6,8,13,18-19,22,31H,7,9-11H2,(H,29,32)/t13?,18?,19-,22-,25?/m1/s1. The molecule has 3 saturated carbocycles. The van der Waals surface area contributed by atoms with E-state index >= 15 is 0 Å². The van der Waals surface area contributed by atoms with Gasteiger partial charge in [0, 0.05) is 40.1 Å². The second-order valence-corrected chi connectivity index (χ2v) is 10.4. The molecule has 1 amide bonds. The first-order valence-electron chi connectivity index (χ1n) is 11.2. The van der Waals surface area contributed by atoms with Crippen molar-refractivity contribution >= 4 is 29.1 Å². The van der Waals surface area contributed by atoms with Crippen LogP contribution in [0.1, 0.15) is 43.0 Å². The minimum Gasteiger partial charge on any atom is -0.480 e. The minimum atomic E-state index is -0.812. The van der Waals surface area contributed by atoms with Gasteiger partial charge in [0.1, 0.15) is 11.6 Å². The topological polar surface area (TPSA) is 84.6 Å². The molecule has 2 bridgehead atoms. The van der Waals surface area contributed by atoms with Gasteiger partial charge in [-0.05, 0) is 61.6 Å². The van der Waals surface area contributed by atoms with Crippen molar-refractivity contribution in [1.29, 1.82) is 0 Å². The van der Waals surface area contributed by atoms with Gasteiger partial charge in [0.15, 0.2) is 11.9 Å². The number of fused-ring (bicyclic) bond motifs is 2. The number of nitrogens with one attached hydrogen (secondary N) is 1. The maximum Gasteiger partial charge on any atom is 0.261 e. The highest BCUT2D eigenvalue weighted by Gasteiger charge is 2.59. The van der Waals surface area contributed by atoms with Crippen molar-refractivity contribution in [2.75, 3.05) is 0 Å². The van der Waals surface area contributed by atoms with E-state index in [0.717, 1.165) is 25.0 Å². The molecule has 1 aliphatic heterocycles. The summed E-state index contributed by atoms with van der Waals surface area (Å²) in [5.41, 5.74) is 1.83. The van der Waals surface area contributed by atoms with Crippen molar-refractivity contribution < 1.29 is 23.6 Å². The van der Waals surface area contributed by atoms with Crippen LogP contribution >= 0.6 is 23.2 Å². The van der Waals surface area contributed by atoms with Crippen molar-refractivity contribution in [3.05, 3.63) is 69.6 Å². The summed E-state index contributed by atoms with van der Waals surface area (Å²) in [5.74, 6) is 0.563. The highest BCUT2D eigenvalue weighted by Crippen LogP contribution is 2.59. The monoisotopic (exact) mass is 502 g/mol. The van der Waals surface area contributed by atoms with Gasteiger partial charge >= 0.3 is 0 Å². The largest absolute Gasteiger partial charge is 0.480 e. The van der Waals surface area contributed by atoms with Gasteiger partial charge in [0.05, 0.1) is 16.8 Å². The molecule has 2 aromatic carbocycles. The maximum absolute atomic E-state index is 13.8. The van der Waals surface area contributed by atoms with Crippen LogP contribution < -0.4 is 10.1 Å². The number of amides is 1. The molecule has 9 heteroatoms. The van der Waals surface area contributed by atoms with E-state index in [-0.39, 0.29) is 28.8 Å². The van der Waals surface area contributed by atoms with Crippen LogP contribution in [-0.2, 0) is 10.2 Å². The van der Waals surface area contributed by atoms with Crippen LogP contribution in [0.2, 0.25) is 10.0 Å². The Bertz CT molecular complexity index is 1290. The Kier molecular flexibility index (Phi) is 5.13. The molecular weight excluding hydrogens is 482 g/mol. The fourth-order valence-electron chi connectivity index (χ4n) is 5.63. The molecule has 4 aliphatic rings. The second kappa shape index (κ2) is 7.97. The first-order chi connectivity index (χ1) is 16.3. The summed E-state index contributed by atoms with van der Waals surface area (Å²) in [7, 11) is 0. The highest BCUT2D eigenvalue weighted by molar-refractivity contribution is 6.31. The number of carbonyl (C=O) groups excluding carboxylic acids is 1. The number of aliphatic hydroxyl groups is 1. The third-order valence-electron chi connectivity index (χ3n) is 7.40. The Morgan fingerprint density at radius 3 is 2.76 bits per heavy atom. The van der Waals surface area contributed by atoms with Gasteiger partial charge < -0.3 is 19.7 Å². The highest BCUT2D eigenvalue weighted by atomic mass is 35.5. The van der Waals surface area contributed by atoms with Gasteiger partial charge in [0.2, 0.25) is 0 Å². The zero-order valence-corrected chi connectivity index (χ0v) is 19.4.